The number of rotatable bonds is 4. The Balaban J connectivity index is 1.85. The van der Waals surface area contributed by atoms with E-state index in [1.54, 1.807) is 17.1 Å². The Kier molecular flexibility index (Phi) is 3.16. The summed E-state index contributed by atoms with van der Waals surface area (Å²) >= 11 is 0. The van der Waals surface area contributed by atoms with Gasteiger partial charge >= 0.3 is 0 Å². The number of aryl methyl sites for hydroxylation is 2. The van der Waals surface area contributed by atoms with Crippen molar-refractivity contribution >= 4 is 5.69 Å². The highest BCUT2D eigenvalue weighted by atomic mass is 15.4. The number of nitrogens with zero attached hydrogens (tertiary/aromatic N) is 6. The number of nitrogens with one attached hydrogen (secondary N) is 1. The van der Waals surface area contributed by atoms with Gasteiger partial charge in [0.2, 0.25) is 0 Å². The summed E-state index contributed by atoms with van der Waals surface area (Å²) in [5, 5.41) is 11.3. The van der Waals surface area contributed by atoms with Crippen LogP contribution >= 0.6 is 0 Å². The van der Waals surface area contributed by atoms with E-state index in [1.165, 1.54) is 0 Å². The lowest BCUT2D eigenvalue weighted by Gasteiger charge is -2.11. The zero-order chi connectivity index (χ0) is 13.9. The second-order valence-corrected chi connectivity index (χ2v) is 4.46. The van der Waals surface area contributed by atoms with Crippen molar-refractivity contribution in [3.05, 3.63) is 48.4 Å². The van der Waals surface area contributed by atoms with Crippen LogP contribution in [0.4, 0.5) is 5.69 Å². The second kappa shape index (κ2) is 5.12. The molecule has 0 saturated heterocycles. The maximum atomic E-state index is 4.42. The molecular formula is C13H15N7. The lowest BCUT2D eigenvalue weighted by atomic mass is 10.3. The summed E-state index contributed by atoms with van der Waals surface area (Å²) < 4.78 is 3.63. The highest BCUT2D eigenvalue weighted by molar-refractivity contribution is 5.57. The van der Waals surface area contributed by atoms with Crippen LogP contribution < -0.4 is 5.32 Å². The van der Waals surface area contributed by atoms with E-state index in [0.717, 1.165) is 23.0 Å². The van der Waals surface area contributed by atoms with E-state index in [4.69, 9.17) is 0 Å². The molecule has 1 N–H and O–H groups in total. The monoisotopic (exact) mass is 269 g/mol. The first-order valence-electron chi connectivity index (χ1n) is 6.28. The zero-order valence-electron chi connectivity index (χ0n) is 11.4. The first-order valence-corrected chi connectivity index (χ1v) is 6.28. The number of aromatic nitrogens is 6. The first kappa shape index (κ1) is 12.3. The fourth-order valence-electron chi connectivity index (χ4n) is 1.99. The van der Waals surface area contributed by atoms with Crippen LogP contribution in [-0.4, -0.2) is 29.5 Å². The van der Waals surface area contributed by atoms with Crippen molar-refractivity contribution in [3.8, 4) is 5.82 Å². The highest BCUT2D eigenvalue weighted by Gasteiger charge is 2.08. The maximum absolute atomic E-state index is 4.42. The molecule has 20 heavy (non-hydrogen) atoms. The number of hydrogen-bond donors (Lipinski definition) is 1. The van der Waals surface area contributed by atoms with Crippen LogP contribution in [0.1, 0.15) is 11.5 Å². The Hall–Kier alpha value is -2.70. The van der Waals surface area contributed by atoms with Crippen LogP contribution in [0.2, 0.25) is 0 Å². The fourth-order valence-corrected chi connectivity index (χ4v) is 1.99. The SMILES string of the molecule is Cc1nccn1-c1ncccc1NCc1cn(C)nn1. The number of pyridine rings is 1. The molecule has 0 spiro atoms. The summed E-state index contributed by atoms with van der Waals surface area (Å²) in [4.78, 5) is 8.64. The van der Waals surface area contributed by atoms with Gasteiger partial charge in [-0.15, -0.1) is 5.10 Å². The topological polar surface area (TPSA) is 73.5 Å². The van der Waals surface area contributed by atoms with Crippen molar-refractivity contribution < 1.29 is 0 Å². The molecule has 0 radical (unpaired) electrons. The maximum Gasteiger partial charge on any atom is 0.161 e. The molecule has 3 aromatic rings. The molecule has 0 aromatic carbocycles. The van der Waals surface area contributed by atoms with Crippen LogP contribution in [0.25, 0.3) is 5.82 Å². The molecule has 0 saturated carbocycles. The van der Waals surface area contributed by atoms with Gasteiger partial charge in [0.25, 0.3) is 0 Å². The first-order chi connectivity index (χ1) is 9.74. The Morgan fingerprint density at radius 2 is 2.15 bits per heavy atom. The van der Waals surface area contributed by atoms with Crippen LogP contribution in [0, 0.1) is 6.92 Å². The van der Waals surface area contributed by atoms with Crippen molar-refractivity contribution in [2.24, 2.45) is 7.05 Å². The molecule has 0 fully saturated rings. The molecule has 7 heteroatoms. The molecule has 0 atom stereocenters. The molecule has 0 aliphatic carbocycles. The summed E-state index contributed by atoms with van der Waals surface area (Å²) in [6, 6.07) is 3.88. The third kappa shape index (κ3) is 2.37. The van der Waals surface area contributed by atoms with Gasteiger partial charge in [-0.2, -0.15) is 0 Å². The fraction of sp³-hybridized carbons (Fsp3) is 0.231. The summed E-state index contributed by atoms with van der Waals surface area (Å²) in [6.45, 7) is 2.54. The van der Waals surface area contributed by atoms with E-state index < -0.39 is 0 Å². The number of anilines is 1. The van der Waals surface area contributed by atoms with Crippen LogP contribution in [-0.2, 0) is 13.6 Å². The summed E-state index contributed by atoms with van der Waals surface area (Å²) in [7, 11) is 1.85. The van der Waals surface area contributed by atoms with E-state index in [9.17, 15) is 0 Å². The predicted octanol–water partition coefficient (Wildman–Crippen LogP) is 1.32. The smallest absolute Gasteiger partial charge is 0.161 e. The zero-order valence-corrected chi connectivity index (χ0v) is 11.4. The van der Waals surface area contributed by atoms with Crippen molar-refractivity contribution in [1.29, 1.82) is 0 Å². The van der Waals surface area contributed by atoms with E-state index in [-0.39, 0.29) is 0 Å². The quantitative estimate of drug-likeness (QED) is 0.773. The average Bonchev–Trinajstić information content (AvgIpc) is 3.05. The van der Waals surface area contributed by atoms with Crippen molar-refractivity contribution in [1.82, 2.24) is 29.5 Å². The van der Waals surface area contributed by atoms with Crippen LogP contribution in [0.5, 0.6) is 0 Å². The van der Waals surface area contributed by atoms with Gasteiger partial charge in [0.1, 0.15) is 11.5 Å². The van der Waals surface area contributed by atoms with Gasteiger partial charge in [0.05, 0.1) is 12.2 Å². The van der Waals surface area contributed by atoms with E-state index in [2.05, 4.69) is 25.6 Å². The van der Waals surface area contributed by atoms with Gasteiger partial charge < -0.3 is 5.32 Å². The summed E-state index contributed by atoms with van der Waals surface area (Å²) in [5.74, 6) is 1.72. The van der Waals surface area contributed by atoms with E-state index in [1.807, 2.05) is 43.1 Å². The second-order valence-electron chi connectivity index (χ2n) is 4.46. The van der Waals surface area contributed by atoms with Crippen molar-refractivity contribution in [2.75, 3.05) is 5.32 Å². The van der Waals surface area contributed by atoms with E-state index >= 15 is 0 Å². The predicted molar refractivity (Wildman–Crippen MR) is 74.4 cm³/mol. The van der Waals surface area contributed by atoms with E-state index in [0.29, 0.717) is 6.54 Å². The van der Waals surface area contributed by atoms with Gasteiger partial charge in [-0.1, -0.05) is 5.21 Å². The minimum Gasteiger partial charge on any atom is -0.376 e. The average molecular weight is 269 g/mol. The van der Waals surface area contributed by atoms with Gasteiger partial charge in [-0.3, -0.25) is 9.25 Å². The van der Waals surface area contributed by atoms with Crippen molar-refractivity contribution in [2.45, 2.75) is 13.5 Å². The number of imidazole rings is 1. The van der Waals surface area contributed by atoms with Crippen LogP contribution in [0.15, 0.2) is 36.9 Å². The molecule has 3 rings (SSSR count). The van der Waals surface area contributed by atoms with Gasteiger partial charge in [0, 0.05) is 31.8 Å². The molecule has 7 nitrogen and oxygen atoms in total. The minimum atomic E-state index is 0.597. The third-order valence-corrected chi connectivity index (χ3v) is 2.95. The molecule has 3 aromatic heterocycles. The Morgan fingerprint density at radius 3 is 2.85 bits per heavy atom. The molecule has 0 aliphatic rings. The van der Waals surface area contributed by atoms with Gasteiger partial charge in [-0.05, 0) is 19.1 Å². The normalized spacial score (nSPS) is 10.7. The van der Waals surface area contributed by atoms with Gasteiger partial charge in [-0.25, -0.2) is 9.97 Å². The molecule has 102 valence electrons. The lowest BCUT2D eigenvalue weighted by Crippen LogP contribution is -2.07. The lowest BCUT2D eigenvalue weighted by molar-refractivity contribution is 0.713. The molecule has 0 amide bonds. The Morgan fingerprint density at radius 1 is 1.25 bits per heavy atom. The Labute approximate surface area is 116 Å². The molecule has 0 unspecified atom stereocenters. The standard InChI is InChI=1S/C13H15N7/c1-10-14-6-7-20(10)13-12(4-3-5-15-13)16-8-11-9-19(2)18-17-11/h3-7,9,16H,8H2,1-2H3. The largest absolute Gasteiger partial charge is 0.376 e. The van der Waals surface area contributed by atoms with Crippen LogP contribution in [0.3, 0.4) is 0 Å². The van der Waals surface area contributed by atoms with Gasteiger partial charge in [0.15, 0.2) is 5.82 Å². The molecule has 0 aliphatic heterocycles. The number of hydrogen-bond acceptors (Lipinski definition) is 5. The summed E-state index contributed by atoms with van der Waals surface area (Å²) in [6.07, 6.45) is 7.30. The molecule has 3 heterocycles. The molecule has 0 bridgehead atoms. The third-order valence-electron chi connectivity index (χ3n) is 2.95. The Bertz CT molecular complexity index is 713. The highest BCUT2D eigenvalue weighted by Crippen LogP contribution is 2.18. The van der Waals surface area contributed by atoms with Crippen molar-refractivity contribution in [3.63, 3.8) is 0 Å². The summed E-state index contributed by atoms with van der Waals surface area (Å²) in [5.41, 5.74) is 1.81. The minimum absolute atomic E-state index is 0.597. The molecular weight excluding hydrogens is 254 g/mol.